The van der Waals surface area contributed by atoms with Crippen molar-refractivity contribution in [3.63, 3.8) is 0 Å². The maximum atomic E-state index is 12.7. The molecule has 38 heavy (non-hydrogen) atoms. The second-order valence-corrected chi connectivity index (χ2v) is 12.1. The average Bonchev–Trinajstić information content (AvgIpc) is 3.59. The normalized spacial score (nSPS) is 14.4. The molecule has 1 atom stereocenters. The number of hydrogen-bond acceptors (Lipinski definition) is 7. The van der Waals surface area contributed by atoms with Crippen molar-refractivity contribution >= 4 is 50.6 Å². The number of benzene rings is 1. The molecule has 1 fully saturated rings. The van der Waals surface area contributed by atoms with E-state index in [1.165, 1.54) is 47.1 Å². The number of esters is 1. The van der Waals surface area contributed by atoms with Gasteiger partial charge in [0.15, 0.2) is 0 Å². The zero-order valence-electron chi connectivity index (χ0n) is 21.4. The van der Waals surface area contributed by atoms with Gasteiger partial charge in [-0.3, -0.25) is 9.80 Å². The van der Waals surface area contributed by atoms with Crippen molar-refractivity contribution in [2.24, 2.45) is 5.92 Å². The predicted octanol–water partition coefficient (Wildman–Crippen LogP) is 6.74. The first kappa shape index (κ1) is 27.9. The molecular formula is C29H29N3O3S3. The van der Waals surface area contributed by atoms with Gasteiger partial charge in [0.05, 0.1) is 13.7 Å². The van der Waals surface area contributed by atoms with Crippen LogP contribution in [0, 0.1) is 24.3 Å². The molecule has 3 heterocycles. The van der Waals surface area contributed by atoms with E-state index in [-0.39, 0.29) is 11.2 Å². The third-order valence-corrected chi connectivity index (χ3v) is 9.00. The van der Waals surface area contributed by atoms with E-state index in [1.54, 1.807) is 6.07 Å². The number of ether oxygens (including phenoxy) is 1. The number of thioether (sulfide) groups is 1. The van der Waals surface area contributed by atoms with Crippen molar-refractivity contribution in [2.45, 2.75) is 26.2 Å². The molecule has 1 aromatic carbocycles. The fourth-order valence-corrected chi connectivity index (χ4v) is 6.60. The Morgan fingerprint density at radius 2 is 2.08 bits per heavy atom. The van der Waals surface area contributed by atoms with E-state index < -0.39 is 0 Å². The Labute approximate surface area is 236 Å². The predicted molar refractivity (Wildman–Crippen MR) is 156 cm³/mol. The van der Waals surface area contributed by atoms with Gasteiger partial charge in [0.2, 0.25) is 0 Å². The highest BCUT2D eigenvalue weighted by molar-refractivity contribution is 8.13. The Kier molecular flexibility index (Phi) is 10.0. The lowest BCUT2D eigenvalue weighted by atomic mass is 9.97. The van der Waals surface area contributed by atoms with Crippen LogP contribution in [0.5, 0.6) is 0 Å². The molecule has 9 heteroatoms. The lowest BCUT2D eigenvalue weighted by Crippen LogP contribution is -2.50. The summed E-state index contributed by atoms with van der Waals surface area (Å²) in [7, 11) is 1.38. The third kappa shape index (κ3) is 7.49. The Hall–Kier alpha value is -3.08. The molecule has 0 N–H and O–H groups in total. The van der Waals surface area contributed by atoms with Crippen LogP contribution in [0.1, 0.15) is 44.6 Å². The number of rotatable bonds is 9. The van der Waals surface area contributed by atoms with Crippen LogP contribution in [0.25, 0.3) is 4.85 Å². The monoisotopic (exact) mass is 563 g/mol. The van der Waals surface area contributed by atoms with Gasteiger partial charge in [-0.1, -0.05) is 42.7 Å². The van der Waals surface area contributed by atoms with Crippen LogP contribution in [0.4, 0.5) is 9.80 Å². The van der Waals surface area contributed by atoms with E-state index >= 15 is 0 Å². The minimum Gasteiger partial charge on any atom is -0.465 e. The summed E-state index contributed by atoms with van der Waals surface area (Å²) in [5.41, 5.74) is 2.97. The van der Waals surface area contributed by atoms with Gasteiger partial charge in [-0.15, -0.1) is 11.3 Å². The molecule has 1 amide bonds. The Morgan fingerprint density at radius 1 is 1.21 bits per heavy atom. The van der Waals surface area contributed by atoms with Gasteiger partial charge in [0.1, 0.15) is 4.88 Å². The molecule has 0 saturated carbocycles. The van der Waals surface area contributed by atoms with Crippen LogP contribution >= 0.6 is 34.4 Å². The molecule has 1 saturated heterocycles. The summed E-state index contributed by atoms with van der Waals surface area (Å²) in [6, 6.07) is 13.9. The summed E-state index contributed by atoms with van der Waals surface area (Å²) in [5, 5.41) is 6.67. The molecule has 4 rings (SSSR count). The second kappa shape index (κ2) is 13.6. The first-order valence-corrected chi connectivity index (χ1v) is 15.1. The van der Waals surface area contributed by atoms with Crippen molar-refractivity contribution in [1.29, 1.82) is 0 Å². The molecule has 0 bridgehead atoms. The zero-order valence-corrected chi connectivity index (χ0v) is 23.9. The Morgan fingerprint density at radius 3 is 2.89 bits per heavy atom. The molecular weight excluding hydrogens is 535 g/mol. The van der Waals surface area contributed by atoms with Crippen molar-refractivity contribution in [2.75, 3.05) is 32.5 Å². The largest absolute Gasteiger partial charge is 0.465 e. The van der Waals surface area contributed by atoms with Crippen LogP contribution in [0.3, 0.4) is 0 Å². The van der Waals surface area contributed by atoms with Gasteiger partial charge in [0.25, 0.3) is 10.2 Å². The van der Waals surface area contributed by atoms with Crippen LogP contribution < -0.4 is 0 Å². The quantitative estimate of drug-likeness (QED) is 0.164. The summed E-state index contributed by atoms with van der Waals surface area (Å²) in [5.74, 6) is 7.25. The van der Waals surface area contributed by atoms with Gasteiger partial charge in [-0.25, -0.2) is 14.6 Å². The summed E-state index contributed by atoms with van der Waals surface area (Å²) >= 11 is 4.21. The zero-order chi connectivity index (χ0) is 26.9. The number of hydrazine groups is 1. The van der Waals surface area contributed by atoms with Crippen molar-refractivity contribution in [3.8, 4) is 11.8 Å². The van der Waals surface area contributed by atoms with E-state index in [0.29, 0.717) is 28.8 Å². The second-order valence-electron chi connectivity index (χ2n) is 9.00. The topological polar surface area (TPSA) is 54.2 Å². The third-order valence-electron chi connectivity index (χ3n) is 6.22. The number of hydrogen-bond donors (Lipinski definition) is 0. The molecule has 6 nitrogen and oxygen atoms in total. The number of thiophene rings is 2. The lowest BCUT2D eigenvalue weighted by molar-refractivity contribution is 0.0241. The molecule has 0 unspecified atom stereocenters. The van der Waals surface area contributed by atoms with Crippen LogP contribution in [0.15, 0.2) is 47.8 Å². The summed E-state index contributed by atoms with van der Waals surface area (Å²) in [6.45, 7) is 11.8. The molecule has 196 valence electrons. The van der Waals surface area contributed by atoms with Gasteiger partial charge < -0.3 is 4.74 Å². The smallest absolute Gasteiger partial charge is 0.348 e. The van der Waals surface area contributed by atoms with Crippen molar-refractivity contribution in [1.82, 2.24) is 10.0 Å². The van der Waals surface area contributed by atoms with Gasteiger partial charge in [-0.2, -0.15) is 11.3 Å². The Bertz CT molecular complexity index is 1380. The first-order valence-electron chi connectivity index (χ1n) is 12.4. The van der Waals surface area contributed by atoms with Crippen molar-refractivity contribution < 1.29 is 14.3 Å². The highest BCUT2D eigenvalue weighted by Crippen LogP contribution is 2.26. The summed E-state index contributed by atoms with van der Waals surface area (Å²) in [6.07, 6.45) is 2.61. The molecule has 0 radical (unpaired) electrons. The number of carbonyl (C=O) groups is 2. The fraction of sp³-hybridized carbons (Fsp3) is 0.345. The molecule has 0 aliphatic carbocycles. The van der Waals surface area contributed by atoms with E-state index in [0.717, 1.165) is 47.7 Å². The van der Waals surface area contributed by atoms with Crippen LogP contribution in [-0.2, 0) is 17.6 Å². The summed E-state index contributed by atoms with van der Waals surface area (Å²) < 4.78 is 4.80. The minimum absolute atomic E-state index is 0.0897. The summed E-state index contributed by atoms with van der Waals surface area (Å²) in [4.78, 5) is 29.6. The van der Waals surface area contributed by atoms with Gasteiger partial charge in [0, 0.05) is 47.8 Å². The fourth-order valence-electron chi connectivity index (χ4n) is 4.23. The van der Waals surface area contributed by atoms with E-state index in [4.69, 9.17) is 11.3 Å². The number of carbonyl (C=O) groups excluding carboxylic acids is 2. The van der Waals surface area contributed by atoms with E-state index in [9.17, 15) is 9.59 Å². The van der Waals surface area contributed by atoms with E-state index in [1.807, 2.05) is 34.7 Å². The maximum absolute atomic E-state index is 12.7. The Balaban J connectivity index is 1.31. The lowest BCUT2D eigenvalue weighted by Gasteiger charge is -2.38. The van der Waals surface area contributed by atoms with Gasteiger partial charge >= 0.3 is 5.97 Å². The highest BCUT2D eigenvalue weighted by atomic mass is 32.2. The molecule has 1 aliphatic rings. The molecule has 1 aliphatic heterocycles. The SMILES string of the molecule is [C-]#[N+]c1sccc1C#Cc1cccc(C[C@H](C)CCN2CCSC(=O)N2CCc2ccc(C(=O)OC)s2)c1. The average molecular weight is 564 g/mol. The first-order chi connectivity index (χ1) is 18.5. The number of methoxy groups -OCH3 is 1. The van der Waals surface area contributed by atoms with Crippen LogP contribution in [0.2, 0.25) is 0 Å². The van der Waals surface area contributed by atoms with Crippen LogP contribution in [-0.4, -0.2) is 53.7 Å². The number of nitrogens with zero attached hydrogens (tertiary/aromatic N) is 3. The molecule has 2 aromatic heterocycles. The van der Waals surface area contributed by atoms with Crippen molar-refractivity contribution in [3.05, 3.63) is 85.7 Å². The highest BCUT2D eigenvalue weighted by Gasteiger charge is 2.27. The van der Waals surface area contributed by atoms with Gasteiger partial charge in [-0.05, 0) is 60.0 Å². The standard InChI is InChI=1S/C29H29N3O3S3/c1-21(19-23-6-4-5-22(20-23)7-8-24-13-17-36-27(24)30-2)11-14-31-16-18-37-29(34)32(31)15-12-25-9-10-26(38-25)28(33)35-3/h4-6,9-10,13,17,20-21H,11-12,14-16,18-19H2,1,3H3/t21-/m1/s1. The number of amides is 1. The maximum Gasteiger partial charge on any atom is 0.348 e. The molecule has 3 aromatic rings. The minimum atomic E-state index is -0.323. The van der Waals surface area contributed by atoms with E-state index in [2.05, 4.69) is 40.8 Å². The molecule has 0 spiro atoms.